The van der Waals surface area contributed by atoms with E-state index < -0.39 is 4.92 Å². The minimum Gasteiger partial charge on any atom is -0.495 e. The summed E-state index contributed by atoms with van der Waals surface area (Å²) in [4.78, 5) is 19.5. The number of hydrogen-bond acceptors (Lipinski definition) is 8. The van der Waals surface area contributed by atoms with Gasteiger partial charge in [-0.1, -0.05) is 36.7 Å². The van der Waals surface area contributed by atoms with Crippen LogP contribution < -0.4 is 20.1 Å². The second kappa shape index (κ2) is 9.27. The van der Waals surface area contributed by atoms with E-state index in [0.717, 1.165) is 17.7 Å². The van der Waals surface area contributed by atoms with Gasteiger partial charge in [0.2, 0.25) is 11.6 Å². The van der Waals surface area contributed by atoms with E-state index in [1.165, 1.54) is 20.5 Å². The second-order valence-electron chi connectivity index (χ2n) is 6.12. The Bertz CT molecular complexity index is 1080. The van der Waals surface area contributed by atoms with E-state index in [2.05, 4.69) is 20.6 Å². The van der Waals surface area contributed by atoms with Gasteiger partial charge in [0.05, 0.1) is 29.9 Å². The Kier molecular flexibility index (Phi) is 6.53. The van der Waals surface area contributed by atoms with Crippen molar-refractivity contribution in [3.8, 4) is 11.5 Å². The molecule has 0 saturated heterocycles. The number of nitrogens with one attached hydrogen (secondary N) is 2. The van der Waals surface area contributed by atoms with Crippen LogP contribution in [0.4, 0.5) is 28.7 Å². The normalized spacial score (nSPS) is 10.4. The summed E-state index contributed by atoms with van der Waals surface area (Å²) in [6.07, 6.45) is 2.00. The van der Waals surface area contributed by atoms with Gasteiger partial charge in [0.25, 0.3) is 0 Å². The van der Waals surface area contributed by atoms with Gasteiger partial charge in [-0.3, -0.25) is 10.1 Å². The molecule has 3 aromatic rings. The van der Waals surface area contributed by atoms with Crippen LogP contribution >= 0.6 is 11.6 Å². The van der Waals surface area contributed by atoms with Crippen molar-refractivity contribution in [2.75, 3.05) is 24.9 Å². The van der Waals surface area contributed by atoms with Gasteiger partial charge in [-0.2, -0.15) is 0 Å². The van der Waals surface area contributed by atoms with E-state index in [1.54, 1.807) is 12.1 Å². The Morgan fingerprint density at radius 3 is 2.27 bits per heavy atom. The number of para-hydroxylation sites is 1. The van der Waals surface area contributed by atoms with Crippen molar-refractivity contribution >= 4 is 40.3 Å². The highest BCUT2D eigenvalue weighted by Gasteiger charge is 2.25. The first-order chi connectivity index (χ1) is 14.5. The van der Waals surface area contributed by atoms with Crippen molar-refractivity contribution in [1.29, 1.82) is 0 Å². The van der Waals surface area contributed by atoms with Crippen LogP contribution in [0, 0.1) is 10.1 Å². The molecule has 2 aromatic carbocycles. The second-order valence-corrected chi connectivity index (χ2v) is 6.53. The molecule has 0 bridgehead atoms. The molecule has 2 N–H and O–H groups in total. The number of aryl methyl sites for hydroxylation is 1. The van der Waals surface area contributed by atoms with E-state index in [0.29, 0.717) is 22.2 Å². The van der Waals surface area contributed by atoms with Gasteiger partial charge in [-0.25, -0.2) is 9.97 Å². The van der Waals surface area contributed by atoms with Crippen LogP contribution in [0.5, 0.6) is 11.5 Å². The average Bonchev–Trinajstić information content (AvgIpc) is 2.74. The van der Waals surface area contributed by atoms with Crippen LogP contribution in [0.25, 0.3) is 0 Å². The number of hydrogen-bond donors (Lipinski definition) is 2. The first-order valence-electron chi connectivity index (χ1n) is 9.01. The fourth-order valence-electron chi connectivity index (χ4n) is 2.90. The lowest BCUT2D eigenvalue weighted by molar-refractivity contribution is -0.383. The molecular weight excluding hydrogens is 410 g/mol. The third kappa shape index (κ3) is 4.36. The largest absolute Gasteiger partial charge is 0.495 e. The van der Waals surface area contributed by atoms with Crippen LogP contribution in [0.15, 0.2) is 42.7 Å². The lowest BCUT2D eigenvalue weighted by atomic mass is 10.1. The monoisotopic (exact) mass is 429 g/mol. The van der Waals surface area contributed by atoms with Crippen LogP contribution in [0.2, 0.25) is 5.02 Å². The zero-order valence-corrected chi connectivity index (χ0v) is 17.4. The standard InChI is InChI=1S/C20H20ClN5O4/c1-4-12-7-5-6-8-14(12)24-19-18(26(27)28)20(23-11-22-19)25-15-9-13(21)16(29-2)10-17(15)30-3/h5-11H,4H2,1-3H3,(H2,22,23,24,25). The smallest absolute Gasteiger partial charge is 0.353 e. The number of nitrogens with zero attached hydrogens (tertiary/aromatic N) is 3. The van der Waals surface area contributed by atoms with Gasteiger partial charge in [-0.05, 0) is 24.1 Å². The molecule has 0 saturated carbocycles. The highest BCUT2D eigenvalue weighted by Crippen LogP contribution is 2.40. The number of nitro groups is 1. The Hall–Kier alpha value is -3.59. The first-order valence-corrected chi connectivity index (χ1v) is 9.39. The molecule has 30 heavy (non-hydrogen) atoms. The zero-order valence-electron chi connectivity index (χ0n) is 16.6. The molecule has 0 atom stereocenters. The first kappa shape index (κ1) is 21.1. The van der Waals surface area contributed by atoms with Crippen molar-refractivity contribution in [2.24, 2.45) is 0 Å². The summed E-state index contributed by atoms with van der Waals surface area (Å²) in [7, 11) is 2.95. The van der Waals surface area contributed by atoms with Gasteiger partial charge in [0.15, 0.2) is 0 Å². The summed E-state index contributed by atoms with van der Waals surface area (Å²) in [6, 6.07) is 10.7. The molecule has 9 nitrogen and oxygen atoms in total. The molecule has 0 aliphatic heterocycles. The van der Waals surface area contributed by atoms with E-state index in [9.17, 15) is 10.1 Å². The van der Waals surface area contributed by atoms with E-state index in [4.69, 9.17) is 21.1 Å². The third-order valence-electron chi connectivity index (χ3n) is 4.38. The van der Waals surface area contributed by atoms with E-state index in [1.807, 2.05) is 31.2 Å². The summed E-state index contributed by atoms with van der Waals surface area (Å²) in [5.74, 6) is 0.854. The van der Waals surface area contributed by atoms with Gasteiger partial charge >= 0.3 is 5.69 Å². The van der Waals surface area contributed by atoms with Crippen molar-refractivity contribution in [2.45, 2.75) is 13.3 Å². The molecule has 1 aromatic heterocycles. The maximum atomic E-state index is 11.9. The number of aromatic nitrogens is 2. The molecule has 0 spiro atoms. The zero-order chi connectivity index (χ0) is 21.7. The molecule has 3 rings (SSSR count). The SMILES string of the molecule is CCc1ccccc1Nc1ncnc(Nc2cc(Cl)c(OC)cc2OC)c1[N+](=O)[O-]. The van der Waals surface area contributed by atoms with Crippen LogP contribution in [0.1, 0.15) is 12.5 Å². The molecular formula is C20H20ClN5O4. The highest BCUT2D eigenvalue weighted by atomic mass is 35.5. The fourth-order valence-corrected chi connectivity index (χ4v) is 3.14. The van der Waals surface area contributed by atoms with Crippen LogP contribution in [-0.4, -0.2) is 29.1 Å². The average molecular weight is 430 g/mol. The molecule has 1 heterocycles. The van der Waals surface area contributed by atoms with E-state index in [-0.39, 0.29) is 17.3 Å². The van der Waals surface area contributed by atoms with Gasteiger partial charge in [-0.15, -0.1) is 0 Å². The molecule has 0 fully saturated rings. The summed E-state index contributed by atoms with van der Waals surface area (Å²) in [6.45, 7) is 2.00. The molecule has 0 unspecified atom stereocenters. The predicted molar refractivity (Wildman–Crippen MR) is 116 cm³/mol. The lowest BCUT2D eigenvalue weighted by Gasteiger charge is -2.15. The maximum absolute atomic E-state index is 11.9. The fraction of sp³-hybridized carbons (Fsp3) is 0.200. The number of anilines is 4. The van der Waals surface area contributed by atoms with Gasteiger partial charge in [0, 0.05) is 11.8 Å². The minimum atomic E-state index is -0.545. The molecule has 156 valence electrons. The summed E-state index contributed by atoms with van der Waals surface area (Å²) in [5, 5.41) is 18.2. The summed E-state index contributed by atoms with van der Waals surface area (Å²) in [5.41, 5.74) is 1.82. The van der Waals surface area contributed by atoms with Gasteiger partial charge in [0.1, 0.15) is 17.8 Å². The molecule has 0 aliphatic carbocycles. The molecule has 10 heteroatoms. The Labute approximate surface area is 178 Å². The maximum Gasteiger partial charge on any atom is 0.353 e. The summed E-state index contributed by atoms with van der Waals surface area (Å²) < 4.78 is 10.5. The van der Waals surface area contributed by atoms with Crippen LogP contribution in [0.3, 0.4) is 0 Å². The number of ether oxygens (including phenoxy) is 2. The van der Waals surface area contributed by atoms with Crippen LogP contribution in [-0.2, 0) is 6.42 Å². The summed E-state index contributed by atoms with van der Waals surface area (Å²) >= 11 is 6.20. The Balaban J connectivity index is 2.04. The van der Waals surface area contributed by atoms with Crippen molar-refractivity contribution in [1.82, 2.24) is 9.97 Å². The number of benzene rings is 2. The van der Waals surface area contributed by atoms with Crippen molar-refractivity contribution < 1.29 is 14.4 Å². The Morgan fingerprint density at radius 1 is 1.03 bits per heavy atom. The number of rotatable bonds is 8. The minimum absolute atomic E-state index is 0.00832. The quantitative estimate of drug-likeness (QED) is 0.375. The third-order valence-corrected chi connectivity index (χ3v) is 4.68. The van der Waals surface area contributed by atoms with Gasteiger partial charge < -0.3 is 20.1 Å². The molecule has 0 radical (unpaired) electrons. The van der Waals surface area contributed by atoms with Crippen molar-refractivity contribution in [3.63, 3.8) is 0 Å². The van der Waals surface area contributed by atoms with E-state index >= 15 is 0 Å². The predicted octanol–water partition coefficient (Wildman–Crippen LogP) is 5.11. The topological polar surface area (TPSA) is 111 Å². The Morgan fingerprint density at radius 2 is 1.67 bits per heavy atom. The molecule has 0 amide bonds. The number of halogens is 1. The van der Waals surface area contributed by atoms with Crippen molar-refractivity contribution in [3.05, 3.63) is 63.4 Å². The highest BCUT2D eigenvalue weighted by molar-refractivity contribution is 6.32. The number of methoxy groups -OCH3 is 2. The molecule has 0 aliphatic rings. The lowest BCUT2D eigenvalue weighted by Crippen LogP contribution is -2.07.